The zero-order valence-electron chi connectivity index (χ0n) is 20.8. The SMILES string of the molecule is CC[C@@H](C)OC(=O)C1=C(C)NC2=C(C(=O)[C@@H](C(=O)OC)[C@@H](C)C2)[C@@H]1c1ccc(OC)cc1OC. The molecule has 3 rings (SSSR count). The fraction of sp³-hybridized carbons (Fsp3) is 0.500. The fourth-order valence-electron chi connectivity index (χ4n) is 4.65. The smallest absolute Gasteiger partial charge is 0.337 e. The van der Waals surface area contributed by atoms with Gasteiger partial charge in [0.25, 0.3) is 0 Å². The highest BCUT2D eigenvalue weighted by Gasteiger charge is 2.48. The molecule has 0 aromatic heterocycles. The number of rotatable bonds is 7. The van der Waals surface area contributed by atoms with Crippen LogP contribution in [-0.4, -0.2) is 45.2 Å². The van der Waals surface area contributed by atoms with E-state index in [1.54, 1.807) is 32.2 Å². The summed E-state index contributed by atoms with van der Waals surface area (Å²) in [6.45, 7) is 7.38. The first kappa shape index (κ1) is 25.3. The number of methoxy groups -OCH3 is 3. The number of allylic oxidation sites excluding steroid dienone is 3. The van der Waals surface area contributed by atoms with Crippen molar-refractivity contribution in [2.45, 2.75) is 52.6 Å². The van der Waals surface area contributed by atoms with Crippen molar-refractivity contribution >= 4 is 17.7 Å². The number of nitrogens with one attached hydrogen (secondary N) is 1. The van der Waals surface area contributed by atoms with E-state index in [9.17, 15) is 14.4 Å². The third-order valence-electron chi connectivity index (χ3n) is 6.60. The first-order chi connectivity index (χ1) is 16.2. The minimum atomic E-state index is -0.956. The monoisotopic (exact) mass is 471 g/mol. The quantitative estimate of drug-likeness (QED) is 0.475. The highest BCUT2D eigenvalue weighted by atomic mass is 16.5. The number of ketones is 1. The van der Waals surface area contributed by atoms with Gasteiger partial charge in [0.15, 0.2) is 5.78 Å². The molecule has 1 heterocycles. The molecule has 1 aliphatic heterocycles. The summed E-state index contributed by atoms with van der Waals surface area (Å²) in [6.07, 6.45) is 0.809. The van der Waals surface area contributed by atoms with Crippen LogP contribution in [0, 0.1) is 11.8 Å². The molecule has 0 radical (unpaired) electrons. The van der Waals surface area contributed by atoms with Gasteiger partial charge in [-0.25, -0.2) is 4.79 Å². The van der Waals surface area contributed by atoms with E-state index in [2.05, 4.69) is 5.32 Å². The number of esters is 2. The molecular formula is C26H33NO7. The molecule has 1 aromatic rings. The molecule has 2 aliphatic rings. The average Bonchev–Trinajstić information content (AvgIpc) is 2.82. The summed E-state index contributed by atoms with van der Waals surface area (Å²) in [7, 11) is 4.34. The van der Waals surface area contributed by atoms with Crippen LogP contribution in [0.15, 0.2) is 40.7 Å². The van der Waals surface area contributed by atoms with Crippen LogP contribution >= 0.6 is 0 Å². The second-order valence-electron chi connectivity index (χ2n) is 8.77. The Balaban J connectivity index is 2.24. The van der Waals surface area contributed by atoms with Crippen molar-refractivity contribution in [1.29, 1.82) is 0 Å². The second-order valence-corrected chi connectivity index (χ2v) is 8.77. The van der Waals surface area contributed by atoms with E-state index in [-0.39, 0.29) is 17.8 Å². The molecule has 1 aromatic carbocycles. The van der Waals surface area contributed by atoms with Gasteiger partial charge >= 0.3 is 11.9 Å². The van der Waals surface area contributed by atoms with Gasteiger partial charge in [0, 0.05) is 28.6 Å². The van der Waals surface area contributed by atoms with Crippen molar-refractivity contribution in [2.24, 2.45) is 11.8 Å². The van der Waals surface area contributed by atoms with Gasteiger partial charge in [0.2, 0.25) is 0 Å². The lowest BCUT2D eigenvalue weighted by Crippen LogP contribution is -2.43. The predicted octanol–water partition coefficient (Wildman–Crippen LogP) is 3.66. The van der Waals surface area contributed by atoms with E-state index in [4.69, 9.17) is 18.9 Å². The van der Waals surface area contributed by atoms with Crippen LogP contribution in [0.1, 0.15) is 52.0 Å². The van der Waals surface area contributed by atoms with Crippen molar-refractivity contribution in [1.82, 2.24) is 5.32 Å². The van der Waals surface area contributed by atoms with E-state index in [0.29, 0.717) is 52.4 Å². The van der Waals surface area contributed by atoms with E-state index in [1.165, 1.54) is 14.2 Å². The van der Waals surface area contributed by atoms with Gasteiger partial charge < -0.3 is 24.3 Å². The molecule has 8 nitrogen and oxygen atoms in total. The van der Waals surface area contributed by atoms with Gasteiger partial charge in [0.05, 0.1) is 38.9 Å². The Morgan fingerprint density at radius 2 is 1.88 bits per heavy atom. The first-order valence-corrected chi connectivity index (χ1v) is 11.4. The van der Waals surface area contributed by atoms with Gasteiger partial charge in [-0.2, -0.15) is 0 Å². The van der Waals surface area contributed by atoms with Crippen molar-refractivity contribution in [3.05, 3.63) is 46.3 Å². The minimum absolute atomic E-state index is 0.258. The summed E-state index contributed by atoms with van der Waals surface area (Å²) in [5.41, 5.74) is 2.58. The van der Waals surface area contributed by atoms with Crippen LogP contribution in [0.5, 0.6) is 11.5 Å². The number of benzene rings is 1. The van der Waals surface area contributed by atoms with Gasteiger partial charge in [-0.3, -0.25) is 9.59 Å². The molecule has 0 spiro atoms. The highest BCUT2D eigenvalue weighted by molar-refractivity contribution is 6.12. The minimum Gasteiger partial charge on any atom is -0.497 e. The third-order valence-corrected chi connectivity index (χ3v) is 6.60. The summed E-state index contributed by atoms with van der Waals surface area (Å²) >= 11 is 0. The largest absolute Gasteiger partial charge is 0.497 e. The zero-order chi connectivity index (χ0) is 25.2. The van der Waals surface area contributed by atoms with E-state index >= 15 is 0 Å². The Labute approximate surface area is 200 Å². The Hall–Kier alpha value is -3.29. The molecule has 34 heavy (non-hydrogen) atoms. The summed E-state index contributed by atoms with van der Waals surface area (Å²) in [4.78, 5) is 39.7. The van der Waals surface area contributed by atoms with Crippen molar-refractivity contribution in [3.8, 4) is 11.5 Å². The van der Waals surface area contributed by atoms with Crippen molar-refractivity contribution < 1.29 is 33.3 Å². The van der Waals surface area contributed by atoms with Crippen LogP contribution in [-0.2, 0) is 23.9 Å². The van der Waals surface area contributed by atoms with Gasteiger partial charge in [-0.15, -0.1) is 0 Å². The van der Waals surface area contributed by atoms with Crippen LogP contribution in [0.4, 0.5) is 0 Å². The van der Waals surface area contributed by atoms with E-state index < -0.39 is 23.8 Å². The normalized spacial score (nSPS) is 23.0. The Morgan fingerprint density at radius 1 is 1.18 bits per heavy atom. The summed E-state index contributed by atoms with van der Waals surface area (Å²) in [5.74, 6) is -2.43. The third kappa shape index (κ3) is 4.54. The first-order valence-electron chi connectivity index (χ1n) is 11.4. The molecule has 0 amide bonds. The molecule has 0 saturated heterocycles. The van der Waals surface area contributed by atoms with Gasteiger partial charge in [-0.1, -0.05) is 19.9 Å². The summed E-state index contributed by atoms with van der Waals surface area (Å²) in [5, 5.41) is 3.26. The molecule has 0 bridgehead atoms. The lowest BCUT2D eigenvalue weighted by atomic mass is 9.69. The molecule has 0 unspecified atom stereocenters. The predicted molar refractivity (Wildman–Crippen MR) is 125 cm³/mol. The van der Waals surface area contributed by atoms with E-state index in [0.717, 1.165) is 0 Å². The van der Waals surface area contributed by atoms with Crippen molar-refractivity contribution in [2.75, 3.05) is 21.3 Å². The summed E-state index contributed by atoms with van der Waals surface area (Å²) < 4.78 is 21.6. The zero-order valence-corrected chi connectivity index (χ0v) is 20.8. The molecule has 0 saturated carbocycles. The highest BCUT2D eigenvalue weighted by Crippen LogP contribution is 2.48. The number of hydrogen-bond acceptors (Lipinski definition) is 8. The lowest BCUT2D eigenvalue weighted by molar-refractivity contribution is -0.151. The van der Waals surface area contributed by atoms with Crippen LogP contribution < -0.4 is 14.8 Å². The van der Waals surface area contributed by atoms with Crippen molar-refractivity contribution in [3.63, 3.8) is 0 Å². The number of dihydropyridines is 1. The number of ether oxygens (including phenoxy) is 4. The maximum Gasteiger partial charge on any atom is 0.337 e. The van der Waals surface area contributed by atoms with Crippen LogP contribution in [0.25, 0.3) is 0 Å². The number of hydrogen-bond donors (Lipinski definition) is 1. The molecule has 8 heteroatoms. The second kappa shape index (κ2) is 10.3. The average molecular weight is 472 g/mol. The molecule has 1 N–H and O–H groups in total. The molecule has 4 atom stereocenters. The maximum absolute atomic E-state index is 13.8. The fourth-order valence-corrected chi connectivity index (χ4v) is 4.65. The Bertz CT molecular complexity index is 1060. The van der Waals surface area contributed by atoms with Gasteiger partial charge in [-0.05, 0) is 38.7 Å². The lowest BCUT2D eigenvalue weighted by Gasteiger charge is -2.38. The van der Waals surface area contributed by atoms with E-state index in [1.807, 2.05) is 20.8 Å². The van der Waals surface area contributed by atoms with Gasteiger partial charge in [0.1, 0.15) is 17.4 Å². The molecule has 184 valence electrons. The topological polar surface area (TPSA) is 100 Å². The maximum atomic E-state index is 13.8. The standard InChI is InChI=1S/C26H33NO7/c1-8-14(3)34-26(30)21-15(4)27-18-11-13(2)20(25(29)33-7)24(28)23(18)22(21)17-10-9-16(31-5)12-19(17)32-6/h9-10,12-14,20,22,27H,8,11H2,1-7H3/t13-,14+,20-,22+/m0/s1. The van der Waals surface area contributed by atoms with Crippen LogP contribution in [0.3, 0.4) is 0 Å². The number of carbonyl (C=O) groups excluding carboxylic acids is 3. The molecule has 1 aliphatic carbocycles. The van der Waals surface area contributed by atoms with Crippen LogP contribution in [0.2, 0.25) is 0 Å². The molecule has 0 fully saturated rings. The molecular weight excluding hydrogens is 438 g/mol. The summed E-state index contributed by atoms with van der Waals surface area (Å²) in [6, 6.07) is 5.24. The number of carbonyl (C=O) groups is 3. The Kier molecular flexibility index (Phi) is 7.69. The number of Topliss-reactive ketones (excluding diaryl/α,β-unsaturated/α-hetero) is 1. The Morgan fingerprint density at radius 3 is 2.47 bits per heavy atom.